The van der Waals surface area contributed by atoms with Crippen LogP contribution in [-0.4, -0.2) is 31.4 Å². The molecule has 1 unspecified atom stereocenters. The molecule has 32 heavy (non-hydrogen) atoms. The van der Waals surface area contributed by atoms with Crippen molar-refractivity contribution < 1.29 is 9.59 Å². The molecular weight excluding hydrogens is 422 g/mol. The number of imidazole rings is 1. The van der Waals surface area contributed by atoms with Gasteiger partial charge in [0.2, 0.25) is 11.8 Å². The number of primary amides is 1. The lowest BCUT2D eigenvalue weighted by Gasteiger charge is -2.14. The second kappa shape index (κ2) is 7.97. The molecule has 2 amide bonds. The smallest absolute Gasteiger partial charge is 0.248 e. The number of nitrogens with zero attached hydrogens (tertiary/aromatic N) is 3. The summed E-state index contributed by atoms with van der Waals surface area (Å²) in [6.45, 7) is 1.83. The van der Waals surface area contributed by atoms with Gasteiger partial charge in [0.25, 0.3) is 0 Å². The lowest BCUT2D eigenvalue weighted by molar-refractivity contribution is -0.115. The molecule has 0 saturated carbocycles. The fourth-order valence-corrected chi connectivity index (χ4v) is 4.49. The Morgan fingerprint density at radius 2 is 1.62 bits per heavy atom. The molecule has 0 radical (unpaired) electrons. The number of anilines is 1. The minimum Gasteiger partial charge on any atom is -0.366 e. The van der Waals surface area contributed by atoms with Gasteiger partial charge in [-0.3, -0.25) is 14.0 Å². The highest BCUT2D eigenvalue weighted by atomic mass is 32.2. The molecule has 0 spiro atoms. The summed E-state index contributed by atoms with van der Waals surface area (Å²) in [5.41, 5.74) is 9.71. The minimum atomic E-state index is -0.509. The summed E-state index contributed by atoms with van der Waals surface area (Å²) in [6, 6.07) is 22.2. The quantitative estimate of drug-likeness (QED) is 0.313. The minimum absolute atomic E-state index is 0.172. The van der Waals surface area contributed by atoms with E-state index in [9.17, 15) is 9.59 Å². The lowest BCUT2D eigenvalue weighted by Crippen LogP contribution is -2.23. The monoisotopic (exact) mass is 441 g/mol. The molecule has 0 saturated heterocycles. The molecular formula is C24H19N5O2S. The first kappa shape index (κ1) is 20.0. The third-order valence-electron chi connectivity index (χ3n) is 5.20. The SMILES string of the molecule is CC(Sc1nc2ccccc2c2nc3ccccc3n12)C(=O)Nc1ccc(C(N)=O)cc1. The van der Waals surface area contributed by atoms with Crippen LogP contribution < -0.4 is 11.1 Å². The number of hydrogen-bond acceptors (Lipinski definition) is 5. The van der Waals surface area contributed by atoms with Gasteiger partial charge < -0.3 is 11.1 Å². The molecule has 3 aromatic carbocycles. The standard InChI is InChI=1S/C24H19N5O2S/c1-14(23(31)26-16-12-10-15(11-13-16)21(25)30)32-24-28-18-7-3-2-6-17(18)22-27-19-8-4-5-9-20(19)29(22)24/h2-14H,1H3,(H2,25,30)(H,26,31). The van der Waals surface area contributed by atoms with E-state index in [2.05, 4.69) is 5.32 Å². The fraction of sp³-hybridized carbons (Fsp3) is 0.0833. The van der Waals surface area contributed by atoms with Crippen molar-refractivity contribution in [3.8, 4) is 0 Å². The molecule has 158 valence electrons. The third-order valence-corrected chi connectivity index (χ3v) is 6.25. The van der Waals surface area contributed by atoms with Crippen LogP contribution in [0.15, 0.2) is 78.0 Å². The molecule has 2 aromatic heterocycles. The van der Waals surface area contributed by atoms with Gasteiger partial charge in [-0.05, 0) is 55.5 Å². The summed E-state index contributed by atoms with van der Waals surface area (Å²) in [7, 11) is 0. The summed E-state index contributed by atoms with van der Waals surface area (Å²) in [5, 5.41) is 4.10. The van der Waals surface area contributed by atoms with Crippen molar-refractivity contribution in [3.63, 3.8) is 0 Å². The van der Waals surface area contributed by atoms with Gasteiger partial charge in [-0.15, -0.1) is 0 Å². The van der Waals surface area contributed by atoms with E-state index >= 15 is 0 Å². The Hall–Kier alpha value is -3.91. The van der Waals surface area contributed by atoms with Gasteiger partial charge in [0.05, 0.1) is 21.8 Å². The number of thioether (sulfide) groups is 1. The molecule has 0 aliphatic carbocycles. The summed E-state index contributed by atoms with van der Waals surface area (Å²) in [6.07, 6.45) is 0. The Kier molecular flexibility index (Phi) is 4.99. The van der Waals surface area contributed by atoms with Crippen molar-refractivity contribution in [3.05, 3.63) is 78.4 Å². The van der Waals surface area contributed by atoms with Crippen LogP contribution in [0.5, 0.6) is 0 Å². The Labute approximate surface area is 187 Å². The highest BCUT2D eigenvalue weighted by molar-refractivity contribution is 8.00. The van der Waals surface area contributed by atoms with Crippen molar-refractivity contribution in [2.24, 2.45) is 5.73 Å². The Bertz CT molecular complexity index is 1490. The molecule has 0 bridgehead atoms. The van der Waals surface area contributed by atoms with Crippen LogP contribution >= 0.6 is 11.8 Å². The van der Waals surface area contributed by atoms with Crippen molar-refractivity contribution in [2.45, 2.75) is 17.3 Å². The van der Waals surface area contributed by atoms with Crippen LogP contribution in [0.25, 0.3) is 27.6 Å². The first-order valence-electron chi connectivity index (χ1n) is 10.0. The van der Waals surface area contributed by atoms with Gasteiger partial charge in [-0.2, -0.15) is 0 Å². The number of carbonyl (C=O) groups excluding carboxylic acids is 2. The second-order valence-electron chi connectivity index (χ2n) is 7.36. The number of rotatable bonds is 5. The van der Waals surface area contributed by atoms with Crippen LogP contribution in [-0.2, 0) is 4.79 Å². The van der Waals surface area contributed by atoms with Crippen LogP contribution in [0.3, 0.4) is 0 Å². The average Bonchev–Trinajstić information content (AvgIpc) is 3.19. The molecule has 8 heteroatoms. The first-order valence-corrected chi connectivity index (χ1v) is 10.9. The van der Waals surface area contributed by atoms with Crippen LogP contribution in [0.2, 0.25) is 0 Å². The van der Waals surface area contributed by atoms with E-state index in [0.717, 1.165) is 27.6 Å². The number of fused-ring (bicyclic) bond motifs is 5. The van der Waals surface area contributed by atoms with E-state index < -0.39 is 11.2 Å². The van der Waals surface area contributed by atoms with Crippen LogP contribution in [0.4, 0.5) is 5.69 Å². The molecule has 0 aliphatic rings. The van der Waals surface area contributed by atoms with Crippen molar-refractivity contribution in [2.75, 3.05) is 5.32 Å². The van der Waals surface area contributed by atoms with E-state index in [1.54, 1.807) is 24.3 Å². The number of aromatic nitrogens is 3. The first-order chi connectivity index (χ1) is 15.5. The number of hydrogen-bond donors (Lipinski definition) is 2. The van der Waals surface area contributed by atoms with Gasteiger partial charge in [0.15, 0.2) is 5.16 Å². The molecule has 3 N–H and O–H groups in total. The zero-order chi connectivity index (χ0) is 22.2. The Morgan fingerprint density at radius 1 is 0.938 bits per heavy atom. The fourth-order valence-electron chi connectivity index (χ4n) is 3.57. The maximum atomic E-state index is 12.9. The molecule has 0 aliphatic heterocycles. The maximum Gasteiger partial charge on any atom is 0.248 e. The predicted octanol–water partition coefficient (Wildman–Crippen LogP) is 4.25. The Balaban J connectivity index is 1.49. The molecule has 7 nitrogen and oxygen atoms in total. The van der Waals surface area contributed by atoms with Gasteiger partial charge >= 0.3 is 0 Å². The number of nitrogens with one attached hydrogen (secondary N) is 1. The second-order valence-corrected chi connectivity index (χ2v) is 8.67. The lowest BCUT2D eigenvalue weighted by atomic mass is 10.2. The largest absolute Gasteiger partial charge is 0.366 e. The van der Waals surface area contributed by atoms with Gasteiger partial charge in [-0.1, -0.05) is 36.0 Å². The average molecular weight is 442 g/mol. The highest BCUT2D eigenvalue weighted by Crippen LogP contribution is 2.31. The van der Waals surface area contributed by atoms with Crippen LogP contribution in [0, 0.1) is 0 Å². The number of nitrogens with two attached hydrogens (primary N) is 1. The van der Waals surface area contributed by atoms with E-state index in [-0.39, 0.29) is 5.91 Å². The summed E-state index contributed by atoms with van der Waals surface area (Å²) >= 11 is 1.37. The summed E-state index contributed by atoms with van der Waals surface area (Å²) in [5.74, 6) is -0.680. The number of benzene rings is 3. The van der Waals surface area contributed by atoms with Gasteiger partial charge in [-0.25, -0.2) is 9.97 Å². The van der Waals surface area contributed by atoms with Crippen molar-refractivity contribution in [1.29, 1.82) is 0 Å². The number of carbonyl (C=O) groups is 2. The highest BCUT2D eigenvalue weighted by Gasteiger charge is 2.20. The molecule has 5 aromatic rings. The number of para-hydroxylation sites is 3. The molecule has 1 atom stereocenters. The Morgan fingerprint density at radius 3 is 2.38 bits per heavy atom. The van der Waals surface area contributed by atoms with Gasteiger partial charge in [0.1, 0.15) is 5.65 Å². The third kappa shape index (κ3) is 3.54. The van der Waals surface area contributed by atoms with Crippen molar-refractivity contribution in [1.82, 2.24) is 14.4 Å². The maximum absolute atomic E-state index is 12.9. The predicted molar refractivity (Wildman–Crippen MR) is 127 cm³/mol. The van der Waals surface area contributed by atoms with Crippen LogP contribution in [0.1, 0.15) is 17.3 Å². The molecule has 2 heterocycles. The topological polar surface area (TPSA) is 102 Å². The molecule has 0 fully saturated rings. The van der Waals surface area contributed by atoms with E-state index in [1.165, 1.54) is 11.8 Å². The van der Waals surface area contributed by atoms with E-state index in [0.29, 0.717) is 16.4 Å². The summed E-state index contributed by atoms with van der Waals surface area (Å²) < 4.78 is 2.01. The zero-order valence-electron chi connectivity index (χ0n) is 17.1. The zero-order valence-corrected chi connectivity index (χ0v) is 18.0. The van der Waals surface area contributed by atoms with E-state index in [1.807, 2.05) is 59.9 Å². The van der Waals surface area contributed by atoms with Crippen molar-refractivity contribution >= 4 is 56.8 Å². The summed E-state index contributed by atoms with van der Waals surface area (Å²) in [4.78, 5) is 33.8. The molecule has 5 rings (SSSR count). The number of amides is 2. The van der Waals surface area contributed by atoms with E-state index in [4.69, 9.17) is 15.7 Å². The van der Waals surface area contributed by atoms with Gasteiger partial charge in [0, 0.05) is 16.6 Å². The normalized spacial score (nSPS) is 12.3.